The van der Waals surface area contributed by atoms with E-state index in [0.29, 0.717) is 11.4 Å². The normalized spacial score (nSPS) is 12.0. The molecular formula is C37H28N4. The zero-order valence-corrected chi connectivity index (χ0v) is 22.4. The molecule has 6 aromatic rings. The zero-order chi connectivity index (χ0) is 28.0. The summed E-state index contributed by atoms with van der Waals surface area (Å²) in [5, 5.41) is 12.0. The van der Waals surface area contributed by atoms with Crippen molar-refractivity contribution in [1.29, 1.82) is 5.26 Å². The number of hydrogen-bond donors (Lipinski definition) is 2. The fourth-order valence-electron chi connectivity index (χ4n) is 5.34. The molecule has 0 aliphatic carbocycles. The lowest BCUT2D eigenvalue weighted by Crippen LogP contribution is -2.31. The molecule has 1 atom stereocenters. The monoisotopic (exact) mass is 528 g/mol. The van der Waals surface area contributed by atoms with Crippen LogP contribution in [0.1, 0.15) is 28.3 Å². The number of rotatable bonds is 6. The smallest absolute Gasteiger partial charge is 0.143 e. The molecule has 1 unspecified atom stereocenters. The third-order valence-electron chi connectivity index (χ3n) is 7.36. The predicted molar refractivity (Wildman–Crippen MR) is 168 cm³/mol. The number of fused-ring (bicyclic) bond motifs is 1. The third kappa shape index (κ3) is 5.23. The molecule has 4 heteroatoms. The maximum absolute atomic E-state index is 9.70. The maximum Gasteiger partial charge on any atom is 0.143 e. The summed E-state index contributed by atoms with van der Waals surface area (Å²) >= 11 is 0. The van der Waals surface area contributed by atoms with Crippen molar-refractivity contribution in [2.45, 2.75) is 6.04 Å². The van der Waals surface area contributed by atoms with Crippen molar-refractivity contribution in [1.82, 2.24) is 5.43 Å². The van der Waals surface area contributed by atoms with Gasteiger partial charge in [0.2, 0.25) is 0 Å². The fourth-order valence-corrected chi connectivity index (χ4v) is 5.34. The number of hydrazine groups is 1. The van der Waals surface area contributed by atoms with E-state index in [1.165, 1.54) is 0 Å². The van der Waals surface area contributed by atoms with E-state index in [1.54, 1.807) is 0 Å². The van der Waals surface area contributed by atoms with Crippen LogP contribution < -0.4 is 11.3 Å². The lowest BCUT2D eigenvalue weighted by Gasteiger charge is -2.18. The van der Waals surface area contributed by atoms with Crippen LogP contribution in [0.15, 0.2) is 151 Å². The quantitative estimate of drug-likeness (QED) is 0.0994. The Morgan fingerprint density at radius 1 is 0.585 bits per heavy atom. The van der Waals surface area contributed by atoms with Gasteiger partial charge in [-0.3, -0.25) is 4.99 Å². The van der Waals surface area contributed by atoms with E-state index < -0.39 is 0 Å². The molecule has 41 heavy (non-hydrogen) atoms. The lowest BCUT2D eigenvalue weighted by atomic mass is 9.90. The van der Waals surface area contributed by atoms with Crippen LogP contribution in [0.25, 0.3) is 33.0 Å². The van der Waals surface area contributed by atoms with Crippen LogP contribution in [-0.4, -0.2) is 5.84 Å². The highest BCUT2D eigenvalue weighted by Crippen LogP contribution is 2.37. The molecule has 6 rings (SSSR count). The minimum atomic E-state index is -0.238. The van der Waals surface area contributed by atoms with Gasteiger partial charge >= 0.3 is 0 Å². The molecule has 0 fully saturated rings. The van der Waals surface area contributed by atoms with Crippen LogP contribution in [0.2, 0.25) is 0 Å². The van der Waals surface area contributed by atoms with E-state index in [9.17, 15) is 5.26 Å². The van der Waals surface area contributed by atoms with Gasteiger partial charge in [-0.2, -0.15) is 5.26 Å². The summed E-state index contributed by atoms with van der Waals surface area (Å²) in [6.07, 6.45) is 0. The first-order valence-corrected chi connectivity index (χ1v) is 13.5. The molecule has 6 aromatic carbocycles. The summed E-state index contributed by atoms with van der Waals surface area (Å²) < 4.78 is 0. The number of nitrogens with two attached hydrogens (primary N) is 1. The van der Waals surface area contributed by atoms with E-state index in [4.69, 9.17) is 10.8 Å². The number of nitrogens with one attached hydrogen (secondary N) is 1. The van der Waals surface area contributed by atoms with Crippen LogP contribution in [0, 0.1) is 11.3 Å². The average Bonchev–Trinajstić information content (AvgIpc) is 3.06. The molecule has 0 aromatic heterocycles. The Morgan fingerprint density at radius 2 is 1.15 bits per heavy atom. The molecule has 3 N–H and O–H groups in total. The highest BCUT2D eigenvalue weighted by molar-refractivity contribution is 6.05. The van der Waals surface area contributed by atoms with Crippen LogP contribution in [0.3, 0.4) is 0 Å². The second-order valence-electron chi connectivity index (χ2n) is 9.79. The first-order chi connectivity index (χ1) is 20.3. The Labute approximate surface area is 240 Å². The van der Waals surface area contributed by atoms with E-state index in [0.717, 1.165) is 49.7 Å². The van der Waals surface area contributed by atoms with Gasteiger partial charge in [0.15, 0.2) is 0 Å². The first kappa shape index (κ1) is 25.8. The summed E-state index contributed by atoms with van der Waals surface area (Å²) in [6, 6.07) is 51.3. The first-order valence-electron chi connectivity index (χ1n) is 13.5. The van der Waals surface area contributed by atoms with E-state index in [2.05, 4.69) is 78.2 Å². The van der Waals surface area contributed by atoms with Gasteiger partial charge in [-0.1, -0.05) is 140 Å². The van der Waals surface area contributed by atoms with Gasteiger partial charge < -0.3 is 5.43 Å². The predicted octanol–water partition coefficient (Wildman–Crippen LogP) is 8.04. The standard InChI is InChI=1S/C37H28N4/c38-25-30-15-7-8-16-31(30)35-24-23-32(33-17-9-10-18-34(33)35)26-19-21-28(22-20-26)36(27-11-3-1-4-12-27)40-37(41-39)29-13-5-2-6-14-29/h1-24,36H,39H2,(H,40,41). The van der Waals surface area contributed by atoms with E-state index >= 15 is 0 Å². The molecule has 0 heterocycles. The topological polar surface area (TPSA) is 74.2 Å². The second kappa shape index (κ2) is 11.7. The van der Waals surface area contributed by atoms with Crippen molar-refractivity contribution < 1.29 is 0 Å². The lowest BCUT2D eigenvalue weighted by molar-refractivity contribution is 0.852. The maximum atomic E-state index is 9.70. The highest BCUT2D eigenvalue weighted by Gasteiger charge is 2.16. The van der Waals surface area contributed by atoms with Crippen molar-refractivity contribution in [2.75, 3.05) is 0 Å². The number of hydrogen-bond acceptors (Lipinski definition) is 3. The largest absolute Gasteiger partial charge is 0.308 e. The Balaban J connectivity index is 1.43. The molecule has 196 valence electrons. The molecule has 0 aliphatic rings. The number of nitriles is 1. The van der Waals surface area contributed by atoms with Crippen LogP contribution in [-0.2, 0) is 0 Å². The summed E-state index contributed by atoms with van der Waals surface area (Å²) in [4.78, 5) is 5.07. The van der Waals surface area contributed by atoms with Crippen molar-refractivity contribution in [3.63, 3.8) is 0 Å². The Kier molecular flexibility index (Phi) is 7.36. The molecule has 0 amide bonds. The van der Waals surface area contributed by atoms with Crippen molar-refractivity contribution in [3.8, 4) is 28.3 Å². The molecule has 0 saturated heterocycles. The summed E-state index contributed by atoms with van der Waals surface area (Å²) in [6.45, 7) is 0. The summed E-state index contributed by atoms with van der Waals surface area (Å²) in [5.74, 6) is 6.56. The van der Waals surface area contributed by atoms with Gasteiger partial charge in [-0.25, -0.2) is 5.84 Å². The van der Waals surface area contributed by atoms with Gasteiger partial charge in [0.25, 0.3) is 0 Å². The van der Waals surface area contributed by atoms with Crippen LogP contribution in [0.4, 0.5) is 0 Å². The number of amidine groups is 1. The number of aliphatic imine (C=N–C) groups is 1. The molecular weight excluding hydrogens is 500 g/mol. The number of nitrogens with zero attached hydrogens (tertiary/aromatic N) is 2. The minimum Gasteiger partial charge on any atom is -0.308 e. The summed E-state index contributed by atoms with van der Waals surface area (Å²) in [5.41, 5.74) is 10.8. The molecule has 0 bridgehead atoms. The molecule has 0 saturated carbocycles. The van der Waals surface area contributed by atoms with Gasteiger partial charge in [0.1, 0.15) is 11.9 Å². The fraction of sp³-hybridized carbons (Fsp3) is 0.0270. The van der Waals surface area contributed by atoms with Crippen LogP contribution >= 0.6 is 0 Å². The molecule has 0 aliphatic heterocycles. The average molecular weight is 529 g/mol. The summed E-state index contributed by atoms with van der Waals surface area (Å²) in [7, 11) is 0. The minimum absolute atomic E-state index is 0.238. The Hall–Kier alpha value is -5.50. The van der Waals surface area contributed by atoms with Gasteiger partial charge in [-0.05, 0) is 44.7 Å². The molecule has 0 spiro atoms. The second-order valence-corrected chi connectivity index (χ2v) is 9.79. The van der Waals surface area contributed by atoms with Crippen molar-refractivity contribution >= 4 is 16.6 Å². The van der Waals surface area contributed by atoms with Gasteiger partial charge in [-0.15, -0.1) is 0 Å². The van der Waals surface area contributed by atoms with Crippen molar-refractivity contribution in [2.24, 2.45) is 10.8 Å². The van der Waals surface area contributed by atoms with E-state index in [-0.39, 0.29) is 6.04 Å². The van der Waals surface area contributed by atoms with E-state index in [1.807, 2.05) is 78.9 Å². The SMILES string of the molecule is N#Cc1ccccc1-c1ccc(-c2ccc(C(N=C(NN)c3ccccc3)c3ccccc3)cc2)c2ccccc12. The van der Waals surface area contributed by atoms with Crippen molar-refractivity contribution in [3.05, 3.63) is 168 Å². The van der Waals surface area contributed by atoms with Crippen LogP contribution in [0.5, 0.6) is 0 Å². The Morgan fingerprint density at radius 3 is 1.83 bits per heavy atom. The Bertz CT molecular complexity index is 1870. The zero-order valence-electron chi connectivity index (χ0n) is 22.4. The molecule has 4 nitrogen and oxygen atoms in total. The van der Waals surface area contributed by atoms with Gasteiger partial charge in [0, 0.05) is 11.1 Å². The highest BCUT2D eigenvalue weighted by atomic mass is 15.3. The van der Waals surface area contributed by atoms with Gasteiger partial charge in [0.05, 0.1) is 11.6 Å². The number of benzene rings is 6. The molecule has 0 radical (unpaired) electrons. The third-order valence-corrected chi connectivity index (χ3v) is 7.36.